The summed E-state index contributed by atoms with van der Waals surface area (Å²) in [6, 6.07) is 29.7. The molecule has 0 saturated carbocycles. The van der Waals surface area contributed by atoms with E-state index in [1.165, 1.54) is 22.1 Å². The first-order valence-corrected chi connectivity index (χ1v) is 9.84. The lowest BCUT2D eigenvalue weighted by atomic mass is 9.73. The van der Waals surface area contributed by atoms with E-state index >= 15 is 0 Å². The maximum atomic E-state index is 8.72. The molecule has 0 aliphatic rings. The Hall–Kier alpha value is -3.13. The fourth-order valence-electron chi connectivity index (χ4n) is 4.11. The lowest BCUT2D eigenvalue weighted by molar-refractivity contribution is 0.485. The second-order valence-electron chi connectivity index (χ2n) is 7.95. The maximum Gasteiger partial charge on any atom is 0.0456 e. The van der Waals surface area contributed by atoms with Crippen LogP contribution in [0, 0.1) is 5.41 Å². The van der Waals surface area contributed by atoms with Crippen LogP contribution in [0.25, 0.3) is 10.9 Å². The summed E-state index contributed by atoms with van der Waals surface area (Å²) in [6.45, 7) is 2.30. The molecule has 0 fully saturated rings. The van der Waals surface area contributed by atoms with E-state index in [9.17, 15) is 0 Å². The van der Waals surface area contributed by atoms with Crippen LogP contribution < -0.4 is 0 Å². The van der Waals surface area contributed by atoms with Gasteiger partial charge in [-0.3, -0.25) is 0 Å². The van der Waals surface area contributed by atoms with Crippen LogP contribution in [0.15, 0.2) is 91.1 Å². The fraction of sp³-hybridized carbons (Fsp3) is 0.192. The van der Waals surface area contributed by atoms with Crippen LogP contribution in [-0.2, 0) is 18.3 Å². The summed E-state index contributed by atoms with van der Waals surface area (Å²) in [6.07, 6.45) is 4.34. The third-order valence-electron chi connectivity index (χ3n) is 5.55. The van der Waals surface area contributed by atoms with Gasteiger partial charge in [-0.1, -0.05) is 79.7 Å². The summed E-state index contributed by atoms with van der Waals surface area (Å²) in [5, 5.41) is 9.95. The zero-order valence-electron chi connectivity index (χ0n) is 16.3. The lowest BCUT2D eigenvalue weighted by Crippen LogP contribution is -2.29. The van der Waals surface area contributed by atoms with Crippen molar-refractivity contribution in [2.24, 2.45) is 0 Å². The average molecular weight is 367 g/mol. The second-order valence-corrected chi connectivity index (χ2v) is 7.95. The van der Waals surface area contributed by atoms with Gasteiger partial charge < -0.3 is 10.4 Å². The van der Waals surface area contributed by atoms with Crippen LogP contribution in [0.5, 0.6) is 0 Å². The Morgan fingerprint density at radius 2 is 1.54 bits per heavy atom. The minimum Gasteiger partial charge on any atom is -0.361 e. The van der Waals surface area contributed by atoms with Gasteiger partial charge in [0, 0.05) is 29.3 Å². The van der Waals surface area contributed by atoms with Gasteiger partial charge in [-0.05, 0) is 47.1 Å². The zero-order valence-corrected chi connectivity index (χ0v) is 16.3. The van der Waals surface area contributed by atoms with Gasteiger partial charge in [0.25, 0.3) is 0 Å². The summed E-state index contributed by atoms with van der Waals surface area (Å²) in [5.41, 5.74) is 5.59. The number of hydrogen-bond donors (Lipinski definition) is 2. The standard InChI is InChI=1S/C26H26N2/c1-26(18-21-10-6-3-7-11-21,19-24(27)16-20-8-4-2-5-9-20)23-13-12-22-14-15-28-25(22)17-23/h2-15,17,27-28H,16,18-19H2,1H3. The molecule has 4 rings (SSSR count). The van der Waals surface area contributed by atoms with Crippen molar-refractivity contribution in [1.29, 1.82) is 5.41 Å². The Labute approximate surface area is 166 Å². The first-order valence-electron chi connectivity index (χ1n) is 9.84. The van der Waals surface area contributed by atoms with Gasteiger partial charge >= 0.3 is 0 Å². The first-order chi connectivity index (χ1) is 13.6. The molecule has 2 N–H and O–H groups in total. The van der Waals surface area contributed by atoms with Crippen LogP contribution >= 0.6 is 0 Å². The minimum atomic E-state index is -0.132. The molecule has 0 saturated heterocycles. The molecule has 2 heteroatoms. The molecule has 28 heavy (non-hydrogen) atoms. The molecule has 1 heterocycles. The summed E-state index contributed by atoms with van der Waals surface area (Å²) in [5.74, 6) is 0. The van der Waals surface area contributed by atoms with Crippen molar-refractivity contribution in [3.8, 4) is 0 Å². The first kappa shape index (κ1) is 18.2. The van der Waals surface area contributed by atoms with Gasteiger partial charge in [-0.25, -0.2) is 0 Å². The normalized spacial score (nSPS) is 13.3. The van der Waals surface area contributed by atoms with E-state index in [2.05, 4.69) is 78.6 Å². The van der Waals surface area contributed by atoms with E-state index in [-0.39, 0.29) is 5.41 Å². The van der Waals surface area contributed by atoms with Gasteiger partial charge in [0.1, 0.15) is 0 Å². The molecule has 0 radical (unpaired) electrons. The molecule has 140 valence electrons. The third-order valence-corrected chi connectivity index (χ3v) is 5.55. The largest absolute Gasteiger partial charge is 0.361 e. The number of fused-ring (bicyclic) bond motifs is 1. The highest BCUT2D eigenvalue weighted by Gasteiger charge is 2.29. The number of benzene rings is 3. The Kier molecular flexibility index (Phi) is 5.12. The van der Waals surface area contributed by atoms with Gasteiger partial charge in [0.15, 0.2) is 0 Å². The number of aromatic nitrogens is 1. The lowest BCUT2D eigenvalue weighted by Gasteiger charge is -2.31. The van der Waals surface area contributed by atoms with Crippen molar-refractivity contribution in [3.63, 3.8) is 0 Å². The van der Waals surface area contributed by atoms with Crippen molar-refractivity contribution in [1.82, 2.24) is 4.98 Å². The van der Waals surface area contributed by atoms with Crippen molar-refractivity contribution in [2.45, 2.75) is 31.6 Å². The average Bonchev–Trinajstić information content (AvgIpc) is 3.17. The van der Waals surface area contributed by atoms with Crippen LogP contribution in [0.1, 0.15) is 30.0 Å². The molecule has 0 bridgehead atoms. The molecule has 2 nitrogen and oxygen atoms in total. The van der Waals surface area contributed by atoms with Gasteiger partial charge in [0.05, 0.1) is 0 Å². The number of nitrogens with one attached hydrogen (secondary N) is 2. The zero-order chi connectivity index (χ0) is 19.4. The number of H-pyrrole nitrogens is 1. The number of aromatic amines is 1. The maximum absolute atomic E-state index is 8.72. The summed E-state index contributed by atoms with van der Waals surface area (Å²) >= 11 is 0. The predicted molar refractivity (Wildman–Crippen MR) is 118 cm³/mol. The SMILES string of the molecule is CC(CC(=N)Cc1ccccc1)(Cc1ccccc1)c1ccc2cc[nH]c2c1. The Morgan fingerprint density at radius 3 is 2.25 bits per heavy atom. The van der Waals surface area contributed by atoms with Gasteiger partial charge in [-0.15, -0.1) is 0 Å². The topological polar surface area (TPSA) is 39.6 Å². The molecule has 1 unspecified atom stereocenters. The van der Waals surface area contributed by atoms with E-state index < -0.39 is 0 Å². The highest BCUT2D eigenvalue weighted by Crippen LogP contribution is 2.34. The van der Waals surface area contributed by atoms with Crippen molar-refractivity contribution < 1.29 is 0 Å². The van der Waals surface area contributed by atoms with E-state index in [0.29, 0.717) is 6.42 Å². The molecule has 1 atom stereocenters. The third kappa shape index (κ3) is 4.07. The van der Waals surface area contributed by atoms with E-state index in [0.717, 1.165) is 24.1 Å². The highest BCUT2D eigenvalue weighted by molar-refractivity contribution is 5.85. The van der Waals surface area contributed by atoms with Crippen molar-refractivity contribution in [2.75, 3.05) is 0 Å². The Morgan fingerprint density at radius 1 is 0.857 bits per heavy atom. The minimum absolute atomic E-state index is 0.132. The molecule has 4 aromatic rings. The molecule has 0 spiro atoms. The molecule has 0 aliphatic heterocycles. The molecule has 0 aliphatic carbocycles. The Bertz CT molecular complexity index is 1060. The van der Waals surface area contributed by atoms with Crippen LogP contribution in [0.3, 0.4) is 0 Å². The predicted octanol–water partition coefficient (Wildman–Crippen LogP) is 6.32. The molecular weight excluding hydrogens is 340 g/mol. The van der Waals surface area contributed by atoms with Gasteiger partial charge in [-0.2, -0.15) is 0 Å². The summed E-state index contributed by atoms with van der Waals surface area (Å²) < 4.78 is 0. The molecular formula is C26H26N2. The molecule has 3 aromatic carbocycles. The summed E-state index contributed by atoms with van der Waals surface area (Å²) in [7, 11) is 0. The summed E-state index contributed by atoms with van der Waals surface area (Å²) in [4.78, 5) is 3.34. The second kappa shape index (κ2) is 7.85. The van der Waals surface area contributed by atoms with Crippen LogP contribution in [0.4, 0.5) is 0 Å². The van der Waals surface area contributed by atoms with Crippen LogP contribution in [0.2, 0.25) is 0 Å². The van der Waals surface area contributed by atoms with Crippen molar-refractivity contribution >= 4 is 16.6 Å². The van der Waals surface area contributed by atoms with Gasteiger partial charge in [0.2, 0.25) is 0 Å². The molecule has 0 amide bonds. The van der Waals surface area contributed by atoms with E-state index in [1.54, 1.807) is 0 Å². The van der Waals surface area contributed by atoms with E-state index in [1.807, 2.05) is 24.4 Å². The van der Waals surface area contributed by atoms with Crippen molar-refractivity contribution in [3.05, 3.63) is 108 Å². The molecule has 1 aromatic heterocycles. The number of hydrogen-bond acceptors (Lipinski definition) is 1. The monoisotopic (exact) mass is 366 g/mol. The van der Waals surface area contributed by atoms with E-state index in [4.69, 9.17) is 5.41 Å². The van der Waals surface area contributed by atoms with Crippen LogP contribution in [-0.4, -0.2) is 10.7 Å². The quantitative estimate of drug-likeness (QED) is 0.359. The number of rotatable bonds is 7. The highest BCUT2D eigenvalue weighted by atomic mass is 14.7. The fourth-order valence-corrected chi connectivity index (χ4v) is 4.11. The Balaban J connectivity index is 1.65. The smallest absolute Gasteiger partial charge is 0.0456 e.